The molecule has 0 spiro atoms. The van der Waals surface area contributed by atoms with E-state index in [1.807, 2.05) is 0 Å². The van der Waals surface area contributed by atoms with E-state index in [0.29, 0.717) is 11.4 Å². The van der Waals surface area contributed by atoms with Crippen molar-refractivity contribution in [2.24, 2.45) is 5.73 Å². The van der Waals surface area contributed by atoms with Crippen LogP contribution in [0.25, 0.3) is 0 Å². The fourth-order valence-electron chi connectivity index (χ4n) is 1.21. The van der Waals surface area contributed by atoms with Crippen molar-refractivity contribution >= 4 is 17.6 Å². The molecule has 6 heteroatoms. The van der Waals surface area contributed by atoms with Gasteiger partial charge in [-0.3, -0.25) is 14.6 Å². The highest BCUT2D eigenvalue weighted by atomic mass is 16.4. The van der Waals surface area contributed by atoms with Gasteiger partial charge in [0.1, 0.15) is 0 Å². The monoisotopic (exact) mass is 247 g/mol. The molecule has 1 aromatic heterocycles. The summed E-state index contributed by atoms with van der Waals surface area (Å²) >= 11 is 0. The summed E-state index contributed by atoms with van der Waals surface area (Å²) in [7, 11) is 0. The minimum absolute atomic E-state index is 0.149. The van der Waals surface area contributed by atoms with Crippen molar-refractivity contribution in [1.29, 1.82) is 0 Å². The van der Waals surface area contributed by atoms with Crippen molar-refractivity contribution in [2.45, 2.75) is 18.9 Å². The van der Waals surface area contributed by atoms with Crippen LogP contribution in [-0.4, -0.2) is 28.0 Å². The molecule has 18 heavy (non-hydrogen) atoms. The molecule has 0 radical (unpaired) electrons. The Hall–Kier alpha value is -2.39. The van der Waals surface area contributed by atoms with Crippen LogP contribution in [0.4, 0.5) is 5.69 Å². The standard InChI is InChI=1S/C12H13N3O3/c1-2-3-10(13)12(18)15-9-5-4-8(14-7-9)6-11(16)17/h1,4-5,7,10H,3,6,13H2,(H,15,18)(H,16,17). The molecule has 0 fully saturated rings. The first-order valence-corrected chi connectivity index (χ1v) is 5.19. The number of aromatic nitrogens is 1. The fourth-order valence-corrected chi connectivity index (χ4v) is 1.21. The van der Waals surface area contributed by atoms with Crippen LogP contribution in [0.3, 0.4) is 0 Å². The van der Waals surface area contributed by atoms with E-state index in [1.165, 1.54) is 12.3 Å². The smallest absolute Gasteiger partial charge is 0.309 e. The third-order valence-corrected chi connectivity index (χ3v) is 2.10. The van der Waals surface area contributed by atoms with Crippen molar-refractivity contribution in [3.05, 3.63) is 24.0 Å². The first-order chi connectivity index (χ1) is 8.52. The van der Waals surface area contributed by atoms with Gasteiger partial charge in [0.25, 0.3) is 0 Å². The molecule has 4 N–H and O–H groups in total. The molecule has 1 unspecified atom stereocenters. The molecule has 1 atom stereocenters. The number of carboxylic acid groups (broad SMARTS) is 1. The van der Waals surface area contributed by atoms with Crippen LogP contribution < -0.4 is 11.1 Å². The van der Waals surface area contributed by atoms with E-state index < -0.39 is 17.9 Å². The Kier molecular flexibility index (Phi) is 4.84. The number of carbonyl (C=O) groups is 2. The van der Waals surface area contributed by atoms with E-state index in [-0.39, 0.29) is 12.8 Å². The Labute approximate surface area is 104 Å². The number of nitrogens with one attached hydrogen (secondary N) is 1. The quantitative estimate of drug-likeness (QED) is 0.635. The molecule has 1 heterocycles. The summed E-state index contributed by atoms with van der Waals surface area (Å²) in [6.45, 7) is 0. The Bertz CT molecular complexity index is 476. The number of terminal acetylenes is 1. The molecule has 0 saturated carbocycles. The molecule has 1 rings (SSSR count). The fraction of sp³-hybridized carbons (Fsp3) is 0.250. The number of hydrogen-bond donors (Lipinski definition) is 3. The molecule has 1 aromatic rings. The van der Waals surface area contributed by atoms with Gasteiger partial charge in [-0.15, -0.1) is 12.3 Å². The minimum Gasteiger partial charge on any atom is -0.481 e. The number of carboxylic acids is 1. The van der Waals surface area contributed by atoms with Crippen LogP contribution in [0.1, 0.15) is 12.1 Å². The largest absolute Gasteiger partial charge is 0.481 e. The van der Waals surface area contributed by atoms with E-state index in [2.05, 4.69) is 16.2 Å². The van der Waals surface area contributed by atoms with Gasteiger partial charge in [-0.05, 0) is 12.1 Å². The van der Waals surface area contributed by atoms with Crippen LogP contribution in [0.2, 0.25) is 0 Å². The predicted molar refractivity (Wildman–Crippen MR) is 65.6 cm³/mol. The zero-order chi connectivity index (χ0) is 13.5. The number of pyridine rings is 1. The third-order valence-electron chi connectivity index (χ3n) is 2.10. The highest BCUT2D eigenvalue weighted by Gasteiger charge is 2.12. The van der Waals surface area contributed by atoms with Gasteiger partial charge < -0.3 is 16.2 Å². The van der Waals surface area contributed by atoms with Crippen LogP contribution >= 0.6 is 0 Å². The minimum atomic E-state index is -0.963. The van der Waals surface area contributed by atoms with Gasteiger partial charge in [0, 0.05) is 6.42 Å². The van der Waals surface area contributed by atoms with E-state index in [4.69, 9.17) is 17.3 Å². The number of nitrogens with two attached hydrogens (primary N) is 1. The van der Waals surface area contributed by atoms with E-state index in [9.17, 15) is 9.59 Å². The van der Waals surface area contributed by atoms with Crippen LogP contribution in [0.15, 0.2) is 18.3 Å². The van der Waals surface area contributed by atoms with E-state index >= 15 is 0 Å². The van der Waals surface area contributed by atoms with Gasteiger partial charge in [-0.1, -0.05) is 0 Å². The second-order valence-corrected chi connectivity index (χ2v) is 3.61. The van der Waals surface area contributed by atoms with Crippen molar-refractivity contribution in [3.63, 3.8) is 0 Å². The molecule has 94 valence electrons. The molecule has 0 aliphatic rings. The lowest BCUT2D eigenvalue weighted by molar-refractivity contribution is -0.136. The third kappa shape index (κ3) is 4.23. The lowest BCUT2D eigenvalue weighted by Gasteiger charge is -2.09. The zero-order valence-corrected chi connectivity index (χ0v) is 9.59. The summed E-state index contributed by atoms with van der Waals surface area (Å²) in [5.41, 5.74) is 6.38. The summed E-state index contributed by atoms with van der Waals surface area (Å²) in [6, 6.07) is 2.32. The second kappa shape index (κ2) is 6.37. The van der Waals surface area contributed by atoms with Gasteiger partial charge in [0.05, 0.1) is 30.0 Å². The molecule has 0 saturated heterocycles. The number of rotatable bonds is 5. The van der Waals surface area contributed by atoms with Gasteiger partial charge in [-0.25, -0.2) is 0 Å². The number of nitrogens with zero attached hydrogens (tertiary/aromatic N) is 1. The lowest BCUT2D eigenvalue weighted by atomic mass is 10.2. The van der Waals surface area contributed by atoms with E-state index in [0.717, 1.165) is 0 Å². The number of anilines is 1. The van der Waals surface area contributed by atoms with Crippen LogP contribution in [-0.2, 0) is 16.0 Å². The summed E-state index contributed by atoms with van der Waals surface area (Å²) < 4.78 is 0. The van der Waals surface area contributed by atoms with Crippen LogP contribution in [0.5, 0.6) is 0 Å². The number of carbonyl (C=O) groups excluding carboxylic acids is 1. The molecular formula is C12H13N3O3. The maximum atomic E-state index is 11.5. The SMILES string of the molecule is C#CCC(N)C(=O)Nc1ccc(CC(=O)O)nc1. The lowest BCUT2D eigenvalue weighted by Crippen LogP contribution is -2.35. The number of hydrogen-bond acceptors (Lipinski definition) is 4. The van der Waals surface area contributed by atoms with Crippen molar-refractivity contribution in [3.8, 4) is 12.3 Å². The Morgan fingerprint density at radius 1 is 1.56 bits per heavy atom. The molecule has 0 aliphatic carbocycles. The number of aliphatic carboxylic acids is 1. The molecule has 0 aliphatic heterocycles. The summed E-state index contributed by atoms with van der Waals surface area (Å²) in [6.07, 6.45) is 6.41. The van der Waals surface area contributed by atoms with E-state index in [1.54, 1.807) is 6.07 Å². The zero-order valence-electron chi connectivity index (χ0n) is 9.59. The number of amides is 1. The maximum Gasteiger partial charge on any atom is 0.309 e. The molecule has 0 aromatic carbocycles. The topological polar surface area (TPSA) is 105 Å². The summed E-state index contributed by atoms with van der Waals surface area (Å²) in [5.74, 6) is 0.933. The van der Waals surface area contributed by atoms with Crippen LogP contribution in [0, 0.1) is 12.3 Å². The van der Waals surface area contributed by atoms with Crippen molar-refractivity contribution in [2.75, 3.05) is 5.32 Å². The first kappa shape index (κ1) is 13.7. The molecular weight excluding hydrogens is 234 g/mol. The predicted octanol–water partition coefficient (Wildman–Crippen LogP) is -0.00220. The van der Waals surface area contributed by atoms with Gasteiger partial charge >= 0.3 is 5.97 Å². The Morgan fingerprint density at radius 2 is 2.28 bits per heavy atom. The molecule has 6 nitrogen and oxygen atoms in total. The maximum absolute atomic E-state index is 11.5. The Morgan fingerprint density at radius 3 is 2.78 bits per heavy atom. The Balaban J connectivity index is 2.61. The summed E-state index contributed by atoms with van der Waals surface area (Å²) in [4.78, 5) is 25.9. The average molecular weight is 247 g/mol. The van der Waals surface area contributed by atoms with Gasteiger partial charge in [0.2, 0.25) is 5.91 Å². The van der Waals surface area contributed by atoms with Gasteiger partial charge in [0.15, 0.2) is 0 Å². The highest BCUT2D eigenvalue weighted by Crippen LogP contribution is 2.07. The average Bonchev–Trinajstić information content (AvgIpc) is 2.31. The normalized spacial score (nSPS) is 11.3. The molecule has 1 amide bonds. The second-order valence-electron chi connectivity index (χ2n) is 3.61. The van der Waals surface area contributed by atoms with Crippen molar-refractivity contribution < 1.29 is 14.7 Å². The van der Waals surface area contributed by atoms with Gasteiger partial charge in [-0.2, -0.15) is 0 Å². The summed E-state index contributed by atoms with van der Waals surface area (Å²) in [5, 5.41) is 11.1. The first-order valence-electron chi connectivity index (χ1n) is 5.19. The van der Waals surface area contributed by atoms with Crippen molar-refractivity contribution in [1.82, 2.24) is 4.98 Å². The molecule has 0 bridgehead atoms. The highest BCUT2D eigenvalue weighted by molar-refractivity contribution is 5.94.